The van der Waals surface area contributed by atoms with E-state index < -0.39 is 5.54 Å². The molecule has 1 rings (SSSR count). The van der Waals surface area contributed by atoms with Gasteiger partial charge < -0.3 is 0 Å². The molecule has 0 bridgehead atoms. The van der Waals surface area contributed by atoms with Gasteiger partial charge in [0, 0.05) is 0 Å². The number of isocyanates is 1. The highest BCUT2D eigenvalue weighted by atomic mass is 16.1. The lowest BCUT2D eigenvalue weighted by Crippen LogP contribution is -2.13. The van der Waals surface area contributed by atoms with Crippen LogP contribution in [0.3, 0.4) is 0 Å². The van der Waals surface area contributed by atoms with Crippen molar-refractivity contribution in [3.05, 3.63) is 35.4 Å². The highest BCUT2D eigenvalue weighted by molar-refractivity contribution is 5.38. The van der Waals surface area contributed by atoms with Crippen LogP contribution in [0.4, 0.5) is 0 Å². The maximum atomic E-state index is 10.2. The monoisotopic (exact) mass is 189 g/mol. The fourth-order valence-electron chi connectivity index (χ4n) is 1.33. The first kappa shape index (κ1) is 10.7. The molecule has 0 aliphatic carbocycles. The normalized spacial score (nSPS) is 10.8. The molecule has 0 aliphatic heterocycles. The average Bonchev–Trinajstić information content (AvgIpc) is 2.18. The summed E-state index contributed by atoms with van der Waals surface area (Å²) in [5.74, 6) is 0. The van der Waals surface area contributed by atoms with Crippen LogP contribution >= 0.6 is 0 Å². The summed E-state index contributed by atoms with van der Waals surface area (Å²) in [4.78, 5) is 14.0. The van der Waals surface area contributed by atoms with Crippen molar-refractivity contribution >= 4 is 6.08 Å². The lowest BCUT2D eigenvalue weighted by atomic mass is 9.94. The smallest absolute Gasteiger partial charge is 0.211 e. The van der Waals surface area contributed by atoms with Crippen LogP contribution in [0.15, 0.2) is 29.3 Å². The fraction of sp³-hybridized carbons (Fsp3) is 0.417. The van der Waals surface area contributed by atoms with Crippen LogP contribution in [0, 0.1) is 0 Å². The number of aliphatic imine (C=N–C) groups is 1. The van der Waals surface area contributed by atoms with Gasteiger partial charge in [-0.05, 0) is 31.4 Å². The van der Waals surface area contributed by atoms with Gasteiger partial charge in [-0.3, -0.25) is 0 Å². The molecule has 0 spiro atoms. The van der Waals surface area contributed by atoms with Gasteiger partial charge >= 0.3 is 0 Å². The van der Waals surface area contributed by atoms with E-state index in [9.17, 15) is 4.79 Å². The van der Waals surface area contributed by atoms with Gasteiger partial charge in [-0.2, -0.15) is 4.99 Å². The highest BCUT2D eigenvalue weighted by Gasteiger charge is 2.18. The van der Waals surface area contributed by atoms with E-state index in [1.165, 1.54) is 5.56 Å². The van der Waals surface area contributed by atoms with Gasteiger partial charge in [-0.1, -0.05) is 31.2 Å². The van der Waals surface area contributed by atoms with Crippen molar-refractivity contribution in [2.45, 2.75) is 32.7 Å². The number of nitrogens with zero attached hydrogens (tertiary/aromatic N) is 1. The van der Waals surface area contributed by atoms with E-state index in [0.29, 0.717) is 0 Å². The van der Waals surface area contributed by atoms with Crippen molar-refractivity contribution in [2.24, 2.45) is 4.99 Å². The van der Waals surface area contributed by atoms with E-state index in [0.717, 1.165) is 12.0 Å². The van der Waals surface area contributed by atoms with Crippen LogP contribution in [-0.4, -0.2) is 6.08 Å². The van der Waals surface area contributed by atoms with Gasteiger partial charge in [-0.25, -0.2) is 4.79 Å². The molecule has 1 aromatic carbocycles. The van der Waals surface area contributed by atoms with E-state index >= 15 is 0 Å². The van der Waals surface area contributed by atoms with Gasteiger partial charge in [0.25, 0.3) is 0 Å². The second-order valence-corrected chi connectivity index (χ2v) is 3.81. The Bertz CT molecular complexity index is 345. The zero-order chi connectivity index (χ0) is 10.6. The standard InChI is InChI=1S/C12H15NO/c1-4-10-5-7-11(8-6-10)12(2,3)13-9-14/h5-8H,4H2,1-3H3. The Morgan fingerprint density at radius 3 is 2.29 bits per heavy atom. The fourth-order valence-corrected chi connectivity index (χ4v) is 1.33. The summed E-state index contributed by atoms with van der Waals surface area (Å²) in [6.45, 7) is 5.92. The molecule has 0 aromatic heterocycles. The molecule has 14 heavy (non-hydrogen) atoms. The third-order valence-electron chi connectivity index (χ3n) is 2.39. The summed E-state index contributed by atoms with van der Waals surface area (Å²) < 4.78 is 0. The molecule has 0 radical (unpaired) electrons. The predicted octanol–water partition coefficient (Wildman–Crippen LogP) is 2.82. The molecular formula is C12H15NO. The Labute approximate surface area is 84.7 Å². The van der Waals surface area contributed by atoms with Crippen LogP contribution in [0.5, 0.6) is 0 Å². The number of rotatable bonds is 3. The van der Waals surface area contributed by atoms with E-state index in [1.54, 1.807) is 6.08 Å². The van der Waals surface area contributed by atoms with E-state index in [1.807, 2.05) is 26.0 Å². The minimum Gasteiger partial charge on any atom is -0.211 e. The van der Waals surface area contributed by atoms with E-state index in [2.05, 4.69) is 24.0 Å². The van der Waals surface area contributed by atoms with Gasteiger partial charge in [0.1, 0.15) is 0 Å². The largest absolute Gasteiger partial charge is 0.235 e. The Hall–Kier alpha value is -1.40. The Kier molecular flexibility index (Phi) is 3.21. The highest BCUT2D eigenvalue weighted by Crippen LogP contribution is 2.24. The number of hydrogen-bond donors (Lipinski definition) is 0. The van der Waals surface area contributed by atoms with Crippen molar-refractivity contribution in [1.29, 1.82) is 0 Å². The van der Waals surface area contributed by atoms with Gasteiger partial charge in [0.15, 0.2) is 0 Å². The summed E-state index contributed by atoms with van der Waals surface area (Å²) >= 11 is 0. The molecule has 2 nitrogen and oxygen atoms in total. The summed E-state index contributed by atoms with van der Waals surface area (Å²) in [7, 11) is 0. The molecule has 0 amide bonds. The molecule has 1 aromatic rings. The third-order valence-corrected chi connectivity index (χ3v) is 2.39. The lowest BCUT2D eigenvalue weighted by Gasteiger charge is -2.17. The molecule has 0 atom stereocenters. The van der Waals surface area contributed by atoms with E-state index in [-0.39, 0.29) is 0 Å². The first-order chi connectivity index (χ1) is 6.60. The van der Waals surface area contributed by atoms with Crippen LogP contribution in [0.1, 0.15) is 31.9 Å². The first-order valence-corrected chi connectivity index (χ1v) is 4.78. The summed E-state index contributed by atoms with van der Waals surface area (Å²) in [6, 6.07) is 8.16. The minimum absolute atomic E-state index is 0.464. The summed E-state index contributed by atoms with van der Waals surface area (Å²) in [6.07, 6.45) is 2.64. The van der Waals surface area contributed by atoms with Crippen molar-refractivity contribution < 1.29 is 4.79 Å². The second kappa shape index (κ2) is 4.21. The lowest BCUT2D eigenvalue weighted by molar-refractivity contribution is 0.523. The quantitative estimate of drug-likeness (QED) is 0.531. The third kappa shape index (κ3) is 2.30. The molecule has 0 saturated heterocycles. The molecule has 0 unspecified atom stereocenters. The molecular weight excluding hydrogens is 174 g/mol. The van der Waals surface area contributed by atoms with Crippen LogP contribution in [-0.2, 0) is 16.8 Å². The van der Waals surface area contributed by atoms with Crippen molar-refractivity contribution in [3.8, 4) is 0 Å². The second-order valence-electron chi connectivity index (χ2n) is 3.81. The molecule has 0 aliphatic rings. The van der Waals surface area contributed by atoms with Crippen LogP contribution in [0.2, 0.25) is 0 Å². The molecule has 0 fully saturated rings. The van der Waals surface area contributed by atoms with Crippen LogP contribution < -0.4 is 0 Å². The Morgan fingerprint density at radius 2 is 1.86 bits per heavy atom. The SMILES string of the molecule is CCc1ccc(C(C)(C)N=C=O)cc1. The van der Waals surface area contributed by atoms with Crippen LogP contribution in [0.25, 0.3) is 0 Å². The summed E-state index contributed by atoms with van der Waals surface area (Å²) in [5.41, 5.74) is 1.87. The van der Waals surface area contributed by atoms with Gasteiger partial charge in [0.05, 0.1) is 5.54 Å². The van der Waals surface area contributed by atoms with Crippen molar-refractivity contribution in [2.75, 3.05) is 0 Å². The topological polar surface area (TPSA) is 29.4 Å². The minimum atomic E-state index is -0.464. The molecule has 74 valence electrons. The van der Waals surface area contributed by atoms with Gasteiger partial charge in [0.2, 0.25) is 6.08 Å². The predicted molar refractivity (Wildman–Crippen MR) is 57.0 cm³/mol. The first-order valence-electron chi connectivity index (χ1n) is 4.78. The summed E-state index contributed by atoms with van der Waals surface area (Å²) in [5, 5.41) is 0. The Balaban J connectivity index is 3.02. The zero-order valence-electron chi connectivity index (χ0n) is 8.87. The number of aryl methyl sites for hydroxylation is 1. The average molecular weight is 189 g/mol. The molecule has 2 heteroatoms. The van der Waals surface area contributed by atoms with Crippen molar-refractivity contribution in [1.82, 2.24) is 0 Å². The number of carbonyl (C=O) groups excluding carboxylic acids is 1. The zero-order valence-corrected chi connectivity index (χ0v) is 8.87. The van der Waals surface area contributed by atoms with E-state index in [4.69, 9.17) is 0 Å². The van der Waals surface area contributed by atoms with Crippen molar-refractivity contribution in [3.63, 3.8) is 0 Å². The number of hydrogen-bond acceptors (Lipinski definition) is 2. The molecule has 0 N–H and O–H groups in total. The number of benzene rings is 1. The van der Waals surface area contributed by atoms with Gasteiger partial charge in [-0.15, -0.1) is 0 Å². The molecule has 0 saturated carbocycles. The molecule has 0 heterocycles. The maximum absolute atomic E-state index is 10.2. The maximum Gasteiger partial charge on any atom is 0.235 e. The Morgan fingerprint density at radius 1 is 1.29 bits per heavy atom.